The van der Waals surface area contributed by atoms with Crippen molar-refractivity contribution in [2.45, 2.75) is 12.6 Å². The van der Waals surface area contributed by atoms with Crippen LogP contribution in [0.1, 0.15) is 16.1 Å². The average Bonchev–Trinajstić information content (AvgIpc) is 3.14. The largest absolute Gasteiger partial charge is 0.489 e. The summed E-state index contributed by atoms with van der Waals surface area (Å²) in [6, 6.07) is 12.4. The number of hydrogen-bond donors (Lipinski definition) is 1. The van der Waals surface area contributed by atoms with Gasteiger partial charge in [-0.25, -0.2) is 9.07 Å². The molecular weight excluding hydrogens is 377 g/mol. The molecule has 0 saturated carbocycles. The summed E-state index contributed by atoms with van der Waals surface area (Å²) in [7, 11) is 1.63. The fraction of sp³-hybridized carbons (Fsp3) is 0.200. The maximum absolute atomic E-state index is 13.3. The highest BCUT2D eigenvalue weighted by Crippen LogP contribution is 2.29. The number of rotatable bonds is 4. The number of carbonyl (C=O) groups is 2. The van der Waals surface area contributed by atoms with Gasteiger partial charge in [0, 0.05) is 7.05 Å². The lowest BCUT2D eigenvalue weighted by molar-refractivity contribution is -0.120. The molecule has 29 heavy (non-hydrogen) atoms. The molecule has 2 aromatic carbocycles. The first-order chi connectivity index (χ1) is 14.0. The van der Waals surface area contributed by atoms with Gasteiger partial charge in [-0.15, -0.1) is 5.10 Å². The summed E-state index contributed by atoms with van der Waals surface area (Å²) in [5.74, 6) is -0.619. The Kier molecular flexibility index (Phi) is 4.94. The van der Waals surface area contributed by atoms with Gasteiger partial charge in [0.15, 0.2) is 5.69 Å². The van der Waals surface area contributed by atoms with Crippen molar-refractivity contribution in [1.82, 2.24) is 20.3 Å². The van der Waals surface area contributed by atoms with Crippen LogP contribution in [0, 0.1) is 5.82 Å². The summed E-state index contributed by atoms with van der Waals surface area (Å²) in [5, 5.41) is 10.4. The molecule has 2 heterocycles. The van der Waals surface area contributed by atoms with Crippen LogP contribution in [0.4, 0.5) is 10.1 Å². The lowest BCUT2D eigenvalue weighted by Crippen LogP contribution is -2.49. The Morgan fingerprint density at radius 1 is 1.28 bits per heavy atom. The van der Waals surface area contributed by atoms with Crippen molar-refractivity contribution in [3.05, 3.63) is 71.8 Å². The van der Waals surface area contributed by atoms with E-state index >= 15 is 0 Å². The Balaban J connectivity index is 1.44. The van der Waals surface area contributed by atoms with Crippen molar-refractivity contribution < 1.29 is 18.7 Å². The minimum Gasteiger partial charge on any atom is -0.489 e. The summed E-state index contributed by atoms with van der Waals surface area (Å²) in [6.07, 6.45) is 1.45. The monoisotopic (exact) mass is 395 g/mol. The van der Waals surface area contributed by atoms with Gasteiger partial charge in [0.25, 0.3) is 11.8 Å². The number of halogens is 1. The zero-order chi connectivity index (χ0) is 20.4. The SMILES string of the molecule is CN1C(=O)[C@@H](NC(=O)c2cn(Cc3cccc(F)c3)nn2)COc2ccccc21. The second kappa shape index (κ2) is 7.70. The van der Waals surface area contributed by atoms with Gasteiger partial charge in [-0.1, -0.05) is 29.5 Å². The first-order valence-electron chi connectivity index (χ1n) is 8.96. The second-order valence-corrected chi connectivity index (χ2v) is 6.63. The van der Waals surface area contributed by atoms with Crippen LogP contribution in [-0.4, -0.2) is 46.5 Å². The highest BCUT2D eigenvalue weighted by Gasteiger charge is 2.31. The van der Waals surface area contributed by atoms with E-state index < -0.39 is 11.9 Å². The van der Waals surface area contributed by atoms with Gasteiger partial charge in [-0.2, -0.15) is 0 Å². The minimum atomic E-state index is -0.867. The lowest BCUT2D eigenvalue weighted by Gasteiger charge is -2.19. The maximum atomic E-state index is 13.3. The van der Waals surface area contributed by atoms with Gasteiger partial charge in [-0.05, 0) is 29.8 Å². The number of para-hydroxylation sites is 2. The van der Waals surface area contributed by atoms with E-state index in [2.05, 4.69) is 15.6 Å². The molecule has 0 spiro atoms. The van der Waals surface area contributed by atoms with Gasteiger partial charge in [0.1, 0.15) is 24.2 Å². The summed E-state index contributed by atoms with van der Waals surface area (Å²) in [6.45, 7) is 0.269. The fourth-order valence-electron chi connectivity index (χ4n) is 3.09. The number of nitrogens with zero attached hydrogens (tertiary/aromatic N) is 4. The van der Waals surface area contributed by atoms with Crippen LogP contribution >= 0.6 is 0 Å². The smallest absolute Gasteiger partial charge is 0.274 e. The summed E-state index contributed by atoms with van der Waals surface area (Å²) >= 11 is 0. The molecule has 0 unspecified atom stereocenters. The first kappa shape index (κ1) is 18.6. The third-order valence-electron chi connectivity index (χ3n) is 4.57. The number of fused-ring (bicyclic) bond motifs is 1. The van der Waals surface area contributed by atoms with E-state index in [9.17, 15) is 14.0 Å². The predicted molar refractivity (Wildman–Crippen MR) is 102 cm³/mol. The number of amides is 2. The molecule has 9 heteroatoms. The molecule has 1 aliphatic rings. The van der Waals surface area contributed by atoms with E-state index in [0.29, 0.717) is 17.0 Å². The third-order valence-corrected chi connectivity index (χ3v) is 4.57. The molecule has 0 fully saturated rings. The number of likely N-dealkylation sites (N-methyl/N-ethyl adjacent to an activating group) is 1. The number of carbonyl (C=O) groups excluding carboxylic acids is 2. The average molecular weight is 395 g/mol. The molecule has 1 aliphatic heterocycles. The number of benzene rings is 2. The van der Waals surface area contributed by atoms with E-state index in [4.69, 9.17) is 4.74 Å². The van der Waals surface area contributed by atoms with Crippen LogP contribution in [0.3, 0.4) is 0 Å². The van der Waals surface area contributed by atoms with E-state index in [0.717, 1.165) is 0 Å². The quantitative estimate of drug-likeness (QED) is 0.725. The normalized spacial score (nSPS) is 16.0. The van der Waals surface area contributed by atoms with Gasteiger partial charge in [0.2, 0.25) is 0 Å². The molecule has 0 saturated heterocycles. The third kappa shape index (κ3) is 3.93. The second-order valence-electron chi connectivity index (χ2n) is 6.63. The Hall–Kier alpha value is -3.75. The van der Waals surface area contributed by atoms with Crippen LogP contribution in [0.2, 0.25) is 0 Å². The van der Waals surface area contributed by atoms with E-state index in [-0.39, 0.29) is 30.6 Å². The molecule has 0 radical (unpaired) electrons. The molecule has 3 aromatic rings. The highest BCUT2D eigenvalue weighted by molar-refractivity contribution is 6.02. The van der Waals surface area contributed by atoms with Gasteiger partial charge >= 0.3 is 0 Å². The summed E-state index contributed by atoms with van der Waals surface area (Å²) in [5.41, 5.74) is 1.38. The van der Waals surface area contributed by atoms with Gasteiger partial charge in [-0.3, -0.25) is 9.59 Å². The summed E-state index contributed by atoms with van der Waals surface area (Å²) < 4.78 is 20.4. The van der Waals surface area contributed by atoms with Crippen molar-refractivity contribution >= 4 is 17.5 Å². The number of anilines is 1. The van der Waals surface area contributed by atoms with Crippen molar-refractivity contribution in [1.29, 1.82) is 0 Å². The Morgan fingerprint density at radius 3 is 2.93 bits per heavy atom. The van der Waals surface area contributed by atoms with Crippen molar-refractivity contribution in [2.75, 3.05) is 18.6 Å². The van der Waals surface area contributed by atoms with Crippen LogP contribution < -0.4 is 15.0 Å². The van der Waals surface area contributed by atoms with Crippen molar-refractivity contribution in [2.24, 2.45) is 0 Å². The lowest BCUT2D eigenvalue weighted by atomic mass is 10.2. The topological polar surface area (TPSA) is 89.4 Å². The Bertz CT molecular complexity index is 1070. The number of aromatic nitrogens is 3. The number of hydrogen-bond acceptors (Lipinski definition) is 5. The van der Waals surface area contributed by atoms with Gasteiger partial charge in [0.05, 0.1) is 18.4 Å². The van der Waals surface area contributed by atoms with E-state index in [1.54, 1.807) is 31.3 Å². The van der Waals surface area contributed by atoms with Crippen LogP contribution in [0.5, 0.6) is 5.75 Å². The van der Waals surface area contributed by atoms with Crippen LogP contribution in [0.15, 0.2) is 54.7 Å². The van der Waals surface area contributed by atoms with Crippen molar-refractivity contribution in [3.8, 4) is 5.75 Å². The van der Waals surface area contributed by atoms with E-state index in [1.807, 2.05) is 12.1 Å². The molecule has 1 atom stereocenters. The van der Waals surface area contributed by atoms with E-state index in [1.165, 1.54) is 27.9 Å². The molecule has 1 aromatic heterocycles. The molecule has 0 aliphatic carbocycles. The highest BCUT2D eigenvalue weighted by atomic mass is 19.1. The predicted octanol–water partition coefficient (Wildman–Crippen LogP) is 1.62. The van der Waals surface area contributed by atoms with Gasteiger partial charge < -0.3 is 15.0 Å². The standard InChI is InChI=1S/C20H18FN5O3/c1-25-17-7-2-3-8-18(17)29-12-16(20(25)28)22-19(27)15-11-26(24-23-15)10-13-5-4-6-14(21)9-13/h2-9,11,16H,10,12H2,1H3,(H,22,27)/t16-/m0/s1. The molecule has 0 bridgehead atoms. The van der Waals surface area contributed by atoms with Crippen molar-refractivity contribution in [3.63, 3.8) is 0 Å². The summed E-state index contributed by atoms with van der Waals surface area (Å²) in [4.78, 5) is 26.7. The molecule has 2 amide bonds. The zero-order valence-electron chi connectivity index (χ0n) is 15.6. The van der Waals surface area contributed by atoms with Crippen LogP contribution in [0.25, 0.3) is 0 Å². The molecule has 148 valence electrons. The van der Waals surface area contributed by atoms with Crippen LogP contribution in [-0.2, 0) is 11.3 Å². The molecular formula is C20H18FN5O3. The maximum Gasteiger partial charge on any atom is 0.274 e. The number of ether oxygens (including phenoxy) is 1. The minimum absolute atomic E-state index is 0.00333. The Labute approximate surface area is 165 Å². The number of nitrogens with one attached hydrogen (secondary N) is 1. The Morgan fingerprint density at radius 2 is 2.10 bits per heavy atom. The molecule has 8 nitrogen and oxygen atoms in total. The molecule has 1 N–H and O–H groups in total. The first-order valence-corrected chi connectivity index (χ1v) is 8.96. The molecule has 4 rings (SSSR count). The fourth-order valence-corrected chi connectivity index (χ4v) is 3.09. The zero-order valence-corrected chi connectivity index (χ0v) is 15.6.